The number of carbonyl (C=O) groups excluding carboxylic acids is 1. The standard InChI is InChI=1S/C9H14F6N2O/c1-4(2)5(3-16)17-7(18)6(8(10,11)12)9(13,14)15/h4-6H,3,16H2,1-2H3,(H,17,18). The number of halogens is 6. The number of amides is 1. The van der Waals surface area contributed by atoms with Crippen molar-refractivity contribution in [1.82, 2.24) is 5.32 Å². The zero-order chi connectivity index (χ0) is 14.7. The Labute approximate surface area is 99.7 Å². The lowest BCUT2D eigenvalue weighted by atomic mass is 10.0. The highest BCUT2D eigenvalue weighted by Gasteiger charge is 2.61. The molecule has 1 amide bonds. The van der Waals surface area contributed by atoms with Crippen LogP contribution < -0.4 is 11.1 Å². The first-order valence-corrected chi connectivity index (χ1v) is 5.05. The van der Waals surface area contributed by atoms with Crippen molar-refractivity contribution in [3.8, 4) is 0 Å². The van der Waals surface area contributed by atoms with E-state index in [4.69, 9.17) is 5.73 Å². The smallest absolute Gasteiger partial charge is 0.351 e. The lowest BCUT2D eigenvalue weighted by Crippen LogP contribution is -2.53. The lowest BCUT2D eigenvalue weighted by Gasteiger charge is -2.26. The molecule has 0 rings (SSSR count). The molecule has 108 valence electrons. The highest BCUT2D eigenvalue weighted by molar-refractivity contribution is 5.80. The molecular weight excluding hydrogens is 266 g/mol. The molecule has 0 saturated carbocycles. The quantitative estimate of drug-likeness (QED) is 0.772. The summed E-state index contributed by atoms with van der Waals surface area (Å²) in [6, 6.07) is -0.940. The highest BCUT2D eigenvalue weighted by Crippen LogP contribution is 2.39. The fourth-order valence-electron chi connectivity index (χ4n) is 1.25. The Bertz CT molecular complexity index is 272. The molecule has 0 aromatic carbocycles. The van der Waals surface area contributed by atoms with Gasteiger partial charge in [-0.15, -0.1) is 0 Å². The Morgan fingerprint density at radius 1 is 1.11 bits per heavy atom. The summed E-state index contributed by atoms with van der Waals surface area (Å²) < 4.78 is 73.3. The molecule has 1 atom stereocenters. The predicted molar refractivity (Wildman–Crippen MR) is 51.4 cm³/mol. The Kier molecular flexibility index (Phi) is 5.45. The third kappa shape index (κ3) is 4.71. The van der Waals surface area contributed by atoms with Gasteiger partial charge in [-0.2, -0.15) is 26.3 Å². The summed E-state index contributed by atoms with van der Waals surface area (Å²) in [5.41, 5.74) is 5.16. The van der Waals surface area contributed by atoms with Gasteiger partial charge in [-0.25, -0.2) is 0 Å². The molecular formula is C9H14F6N2O. The lowest BCUT2D eigenvalue weighted by molar-refractivity contribution is -0.274. The monoisotopic (exact) mass is 280 g/mol. The van der Waals surface area contributed by atoms with Crippen LogP contribution in [0.2, 0.25) is 0 Å². The highest BCUT2D eigenvalue weighted by atomic mass is 19.4. The Hall–Kier alpha value is -0.990. The molecule has 9 heteroatoms. The van der Waals surface area contributed by atoms with E-state index in [9.17, 15) is 31.1 Å². The molecule has 3 nitrogen and oxygen atoms in total. The number of rotatable bonds is 4. The first kappa shape index (κ1) is 17.0. The van der Waals surface area contributed by atoms with E-state index in [2.05, 4.69) is 0 Å². The van der Waals surface area contributed by atoms with E-state index in [-0.39, 0.29) is 12.5 Å². The van der Waals surface area contributed by atoms with Gasteiger partial charge in [0.2, 0.25) is 11.8 Å². The summed E-state index contributed by atoms with van der Waals surface area (Å²) in [4.78, 5) is 11.1. The second-order valence-electron chi connectivity index (χ2n) is 4.11. The van der Waals surface area contributed by atoms with E-state index in [1.165, 1.54) is 13.8 Å². The number of nitrogens with two attached hydrogens (primary N) is 1. The number of hydrogen-bond acceptors (Lipinski definition) is 2. The molecule has 0 aliphatic rings. The van der Waals surface area contributed by atoms with Crippen molar-refractivity contribution in [2.24, 2.45) is 17.6 Å². The van der Waals surface area contributed by atoms with Crippen LogP contribution in [0.15, 0.2) is 0 Å². The molecule has 0 aliphatic carbocycles. The van der Waals surface area contributed by atoms with Gasteiger partial charge in [-0.3, -0.25) is 4.79 Å². The maximum absolute atomic E-state index is 12.2. The van der Waals surface area contributed by atoms with Crippen molar-refractivity contribution in [2.45, 2.75) is 32.2 Å². The van der Waals surface area contributed by atoms with Crippen molar-refractivity contribution < 1.29 is 31.1 Å². The van der Waals surface area contributed by atoms with Crippen molar-refractivity contribution in [1.29, 1.82) is 0 Å². The van der Waals surface area contributed by atoms with Gasteiger partial charge in [0.05, 0.1) is 0 Å². The van der Waals surface area contributed by atoms with E-state index < -0.39 is 30.2 Å². The molecule has 0 saturated heterocycles. The van der Waals surface area contributed by atoms with E-state index >= 15 is 0 Å². The van der Waals surface area contributed by atoms with Gasteiger partial charge in [0.1, 0.15) is 0 Å². The first-order chi connectivity index (χ1) is 7.91. The average Bonchev–Trinajstić information content (AvgIpc) is 2.08. The molecule has 0 radical (unpaired) electrons. The number of carbonyl (C=O) groups is 1. The van der Waals surface area contributed by atoms with Crippen LogP contribution in [0.5, 0.6) is 0 Å². The van der Waals surface area contributed by atoms with E-state index in [0.29, 0.717) is 0 Å². The summed E-state index contributed by atoms with van der Waals surface area (Å²) in [7, 11) is 0. The van der Waals surface area contributed by atoms with Crippen molar-refractivity contribution in [2.75, 3.05) is 6.54 Å². The first-order valence-electron chi connectivity index (χ1n) is 5.05. The van der Waals surface area contributed by atoms with Gasteiger partial charge in [0.25, 0.3) is 0 Å². The van der Waals surface area contributed by atoms with E-state index in [0.717, 1.165) is 0 Å². The summed E-state index contributed by atoms with van der Waals surface area (Å²) in [5, 5.41) is 1.68. The zero-order valence-electron chi connectivity index (χ0n) is 9.69. The van der Waals surface area contributed by atoms with Gasteiger partial charge in [-0.05, 0) is 5.92 Å². The van der Waals surface area contributed by atoms with Crippen molar-refractivity contribution in [3.63, 3.8) is 0 Å². The SMILES string of the molecule is CC(C)C(CN)NC(=O)C(C(F)(F)F)C(F)(F)F. The van der Waals surface area contributed by atoms with E-state index in [1.54, 1.807) is 5.32 Å². The number of hydrogen-bond donors (Lipinski definition) is 2. The zero-order valence-corrected chi connectivity index (χ0v) is 9.69. The number of nitrogens with one attached hydrogen (secondary N) is 1. The summed E-state index contributed by atoms with van der Waals surface area (Å²) in [6.07, 6.45) is -11.4. The third-order valence-electron chi connectivity index (χ3n) is 2.30. The molecule has 1 unspecified atom stereocenters. The van der Waals surface area contributed by atoms with Crippen LogP contribution >= 0.6 is 0 Å². The molecule has 3 N–H and O–H groups in total. The van der Waals surface area contributed by atoms with Crippen LogP contribution in [0.4, 0.5) is 26.3 Å². The minimum Gasteiger partial charge on any atom is -0.351 e. The largest absolute Gasteiger partial charge is 0.409 e. The van der Waals surface area contributed by atoms with Gasteiger partial charge in [0, 0.05) is 12.6 Å². The third-order valence-corrected chi connectivity index (χ3v) is 2.30. The average molecular weight is 280 g/mol. The normalized spacial score (nSPS) is 15.1. The Balaban J connectivity index is 5.01. The second-order valence-corrected chi connectivity index (χ2v) is 4.11. The minimum absolute atomic E-state index is 0.244. The number of alkyl halides is 6. The molecule has 0 bridgehead atoms. The van der Waals surface area contributed by atoms with E-state index in [1.807, 2.05) is 0 Å². The summed E-state index contributed by atoms with van der Waals surface area (Å²) in [6.45, 7) is 2.80. The van der Waals surface area contributed by atoms with Crippen LogP contribution in [0.1, 0.15) is 13.8 Å². The molecule has 0 fully saturated rings. The van der Waals surface area contributed by atoms with Crippen molar-refractivity contribution in [3.05, 3.63) is 0 Å². The summed E-state index contributed by atoms with van der Waals surface area (Å²) in [5.74, 6) is -6.53. The predicted octanol–water partition coefficient (Wildman–Crippen LogP) is 1.83. The van der Waals surface area contributed by atoms with Gasteiger partial charge >= 0.3 is 12.4 Å². The maximum atomic E-state index is 12.2. The van der Waals surface area contributed by atoms with Gasteiger partial charge in [-0.1, -0.05) is 13.8 Å². The second kappa shape index (κ2) is 5.77. The molecule has 18 heavy (non-hydrogen) atoms. The fraction of sp³-hybridized carbons (Fsp3) is 0.889. The van der Waals surface area contributed by atoms with Crippen LogP contribution in [0.3, 0.4) is 0 Å². The van der Waals surface area contributed by atoms with Crippen LogP contribution in [0.25, 0.3) is 0 Å². The van der Waals surface area contributed by atoms with Gasteiger partial charge < -0.3 is 11.1 Å². The molecule has 0 spiro atoms. The topological polar surface area (TPSA) is 55.1 Å². The molecule has 0 heterocycles. The van der Waals surface area contributed by atoms with Gasteiger partial charge in [0.15, 0.2) is 0 Å². The maximum Gasteiger partial charge on any atom is 0.409 e. The minimum atomic E-state index is -5.68. The fourth-order valence-corrected chi connectivity index (χ4v) is 1.25. The molecule has 0 aliphatic heterocycles. The Morgan fingerprint density at radius 3 is 1.72 bits per heavy atom. The Morgan fingerprint density at radius 2 is 1.50 bits per heavy atom. The van der Waals surface area contributed by atoms with Crippen LogP contribution in [-0.4, -0.2) is 30.8 Å². The van der Waals surface area contributed by atoms with Crippen molar-refractivity contribution >= 4 is 5.91 Å². The van der Waals surface area contributed by atoms with Crippen LogP contribution in [-0.2, 0) is 4.79 Å². The molecule has 0 aromatic rings. The van der Waals surface area contributed by atoms with Crippen LogP contribution in [0, 0.1) is 11.8 Å². The molecule has 0 aromatic heterocycles. The summed E-state index contributed by atoms with van der Waals surface area (Å²) >= 11 is 0.